The van der Waals surface area contributed by atoms with Gasteiger partial charge in [-0.2, -0.15) is 5.26 Å². The number of carbonyl (C=O) groups excluding carboxylic acids is 1. The summed E-state index contributed by atoms with van der Waals surface area (Å²) >= 11 is 0. The van der Waals surface area contributed by atoms with Crippen molar-refractivity contribution >= 4 is 5.78 Å². The van der Waals surface area contributed by atoms with Crippen LogP contribution in [-0.2, 0) is 0 Å². The molecule has 0 spiro atoms. The highest BCUT2D eigenvalue weighted by molar-refractivity contribution is 5.95. The van der Waals surface area contributed by atoms with Crippen LogP contribution in [0.2, 0.25) is 0 Å². The summed E-state index contributed by atoms with van der Waals surface area (Å²) in [5, 5.41) is 9.31. The first-order chi connectivity index (χ1) is 11.6. The molecule has 0 saturated carbocycles. The highest BCUT2D eigenvalue weighted by Gasteiger charge is 2.14. The maximum Gasteiger partial charge on any atom is 0.263 e. The molecule has 4 heteroatoms. The summed E-state index contributed by atoms with van der Waals surface area (Å²) in [7, 11) is 0. The molecular formula is C20H14N2O2. The second kappa shape index (κ2) is 6.35. The number of hydrogen-bond donors (Lipinski definition) is 0. The van der Waals surface area contributed by atoms with E-state index in [0.29, 0.717) is 27.9 Å². The Morgan fingerprint density at radius 2 is 1.67 bits per heavy atom. The lowest BCUT2D eigenvalue weighted by Gasteiger charge is -2.11. The first-order valence-electron chi connectivity index (χ1n) is 7.44. The molecule has 3 rings (SSSR count). The number of pyridine rings is 1. The van der Waals surface area contributed by atoms with Crippen LogP contribution in [0, 0.1) is 11.3 Å². The van der Waals surface area contributed by atoms with E-state index in [2.05, 4.69) is 6.07 Å². The zero-order chi connectivity index (χ0) is 17.1. The molecule has 0 unspecified atom stereocenters. The second-order valence-electron chi connectivity index (χ2n) is 5.37. The molecule has 0 N–H and O–H groups in total. The van der Waals surface area contributed by atoms with Crippen molar-refractivity contribution in [3.63, 3.8) is 0 Å². The summed E-state index contributed by atoms with van der Waals surface area (Å²) in [6.45, 7) is 1.45. The lowest BCUT2D eigenvalue weighted by molar-refractivity contribution is 0.101. The number of aromatic nitrogens is 1. The van der Waals surface area contributed by atoms with Crippen LogP contribution < -0.4 is 5.56 Å². The molecular weight excluding hydrogens is 300 g/mol. The van der Waals surface area contributed by atoms with Crippen LogP contribution in [0.3, 0.4) is 0 Å². The fourth-order valence-electron chi connectivity index (χ4n) is 2.56. The predicted molar refractivity (Wildman–Crippen MR) is 92.2 cm³/mol. The van der Waals surface area contributed by atoms with Crippen LogP contribution in [-0.4, -0.2) is 10.4 Å². The van der Waals surface area contributed by atoms with Gasteiger partial charge in [-0.25, -0.2) is 0 Å². The number of Topliss-reactive ketones (excluding diaryl/α,β-unsaturated/α-hetero) is 1. The summed E-state index contributed by atoms with van der Waals surface area (Å²) < 4.78 is 1.44. The minimum absolute atomic E-state index is 0.143. The fraction of sp³-hybridized carbons (Fsp3) is 0.0500. The largest absolute Gasteiger partial charge is 0.294 e. The zero-order valence-electron chi connectivity index (χ0n) is 13.1. The Labute approximate surface area is 139 Å². The number of benzene rings is 2. The predicted octanol–water partition coefficient (Wildman–Crippen LogP) is 3.58. The molecule has 0 radical (unpaired) electrons. The van der Waals surface area contributed by atoms with Crippen LogP contribution >= 0.6 is 0 Å². The molecule has 0 aliphatic heterocycles. The molecule has 0 atom stereocenters. The van der Waals surface area contributed by atoms with Crippen molar-refractivity contribution in [2.45, 2.75) is 6.92 Å². The number of carbonyl (C=O) groups is 1. The van der Waals surface area contributed by atoms with Crippen molar-refractivity contribution in [3.8, 4) is 22.9 Å². The van der Waals surface area contributed by atoms with Gasteiger partial charge in [0, 0.05) is 28.6 Å². The maximum absolute atomic E-state index is 13.0. The lowest BCUT2D eigenvalue weighted by atomic mass is 9.99. The van der Waals surface area contributed by atoms with E-state index in [-0.39, 0.29) is 11.3 Å². The third kappa shape index (κ3) is 2.75. The molecule has 116 valence electrons. The first-order valence-corrected chi connectivity index (χ1v) is 7.44. The summed E-state index contributed by atoms with van der Waals surface area (Å²) in [5.41, 5.74) is 2.08. The van der Waals surface area contributed by atoms with Gasteiger partial charge in [-0.15, -0.1) is 0 Å². The van der Waals surface area contributed by atoms with Gasteiger partial charge in [-0.1, -0.05) is 36.4 Å². The minimum atomic E-state index is -0.270. The van der Waals surface area contributed by atoms with Gasteiger partial charge in [0.05, 0.1) is 11.6 Å². The smallest absolute Gasteiger partial charge is 0.263 e. The van der Waals surface area contributed by atoms with Gasteiger partial charge < -0.3 is 0 Å². The molecule has 3 aromatic rings. The van der Waals surface area contributed by atoms with Crippen molar-refractivity contribution in [3.05, 3.63) is 88.3 Å². The Hall–Kier alpha value is -3.45. The van der Waals surface area contributed by atoms with Gasteiger partial charge in [0.25, 0.3) is 5.56 Å². The molecule has 0 aliphatic rings. The monoisotopic (exact) mass is 314 g/mol. The van der Waals surface area contributed by atoms with E-state index < -0.39 is 0 Å². The molecule has 0 aliphatic carbocycles. The van der Waals surface area contributed by atoms with Gasteiger partial charge in [0.15, 0.2) is 5.78 Å². The Morgan fingerprint density at radius 3 is 2.33 bits per heavy atom. The maximum atomic E-state index is 13.0. The number of nitrogens with zero attached hydrogens (tertiary/aromatic N) is 2. The topological polar surface area (TPSA) is 62.9 Å². The van der Waals surface area contributed by atoms with Crippen LogP contribution in [0.1, 0.15) is 22.8 Å². The Bertz CT molecular complexity index is 1010. The van der Waals surface area contributed by atoms with Gasteiger partial charge >= 0.3 is 0 Å². The van der Waals surface area contributed by atoms with E-state index in [1.807, 2.05) is 18.2 Å². The van der Waals surface area contributed by atoms with Crippen molar-refractivity contribution in [2.75, 3.05) is 0 Å². The standard InChI is InChI=1S/C20H14N2O2/c1-14(23)16-11-19(18-10-6-5-7-15(18)12-21)20(24)22(13-16)17-8-3-2-4-9-17/h2-11,13H,1H3. The second-order valence-corrected chi connectivity index (χ2v) is 5.37. The van der Waals surface area contributed by atoms with E-state index in [1.54, 1.807) is 48.7 Å². The SMILES string of the molecule is CC(=O)c1cc(-c2ccccc2C#N)c(=O)n(-c2ccccc2)c1. The molecule has 2 aromatic carbocycles. The van der Waals surface area contributed by atoms with Crippen molar-refractivity contribution in [2.24, 2.45) is 0 Å². The molecule has 0 amide bonds. The summed E-state index contributed by atoms with van der Waals surface area (Å²) in [6.07, 6.45) is 1.54. The van der Waals surface area contributed by atoms with Crippen LogP contribution in [0.4, 0.5) is 0 Å². The zero-order valence-corrected chi connectivity index (χ0v) is 13.1. The van der Waals surface area contributed by atoms with E-state index in [0.717, 1.165) is 0 Å². The molecule has 24 heavy (non-hydrogen) atoms. The molecule has 0 saturated heterocycles. The Balaban J connectivity index is 2.35. The van der Waals surface area contributed by atoms with E-state index in [4.69, 9.17) is 0 Å². The van der Waals surface area contributed by atoms with E-state index in [9.17, 15) is 14.9 Å². The van der Waals surface area contributed by atoms with E-state index >= 15 is 0 Å². The quantitative estimate of drug-likeness (QED) is 0.694. The lowest BCUT2D eigenvalue weighted by Crippen LogP contribution is -2.21. The number of ketones is 1. The Morgan fingerprint density at radius 1 is 1.00 bits per heavy atom. The molecule has 0 bridgehead atoms. The van der Waals surface area contributed by atoms with Crippen LogP contribution in [0.15, 0.2) is 71.7 Å². The van der Waals surface area contributed by atoms with Gasteiger partial charge in [-0.05, 0) is 31.2 Å². The van der Waals surface area contributed by atoms with Gasteiger partial charge in [0.1, 0.15) is 0 Å². The highest BCUT2D eigenvalue weighted by atomic mass is 16.1. The third-order valence-electron chi connectivity index (χ3n) is 3.80. The molecule has 0 fully saturated rings. The molecule has 1 aromatic heterocycles. The van der Waals surface area contributed by atoms with Crippen molar-refractivity contribution in [1.82, 2.24) is 4.57 Å². The number of nitriles is 1. The average Bonchev–Trinajstić information content (AvgIpc) is 2.62. The average molecular weight is 314 g/mol. The minimum Gasteiger partial charge on any atom is -0.294 e. The van der Waals surface area contributed by atoms with Gasteiger partial charge in [-0.3, -0.25) is 14.2 Å². The fourth-order valence-corrected chi connectivity index (χ4v) is 2.56. The molecule has 1 heterocycles. The number of rotatable bonds is 3. The van der Waals surface area contributed by atoms with E-state index in [1.165, 1.54) is 11.5 Å². The number of hydrogen-bond acceptors (Lipinski definition) is 3. The molecule has 4 nitrogen and oxygen atoms in total. The van der Waals surface area contributed by atoms with Gasteiger partial charge in [0.2, 0.25) is 0 Å². The summed E-state index contributed by atoms with van der Waals surface area (Å²) in [5.74, 6) is -0.143. The third-order valence-corrected chi connectivity index (χ3v) is 3.80. The van der Waals surface area contributed by atoms with Crippen molar-refractivity contribution < 1.29 is 4.79 Å². The summed E-state index contributed by atoms with van der Waals surface area (Å²) in [6, 6.07) is 19.6. The van der Waals surface area contributed by atoms with Crippen LogP contribution in [0.25, 0.3) is 16.8 Å². The normalized spacial score (nSPS) is 10.2. The highest BCUT2D eigenvalue weighted by Crippen LogP contribution is 2.22. The number of para-hydroxylation sites is 1. The Kier molecular flexibility index (Phi) is 4.09. The first kappa shape index (κ1) is 15.4. The van der Waals surface area contributed by atoms with Crippen molar-refractivity contribution in [1.29, 1.82) is 5.26 Å². The summed E-state index contributed by atoms with van der Waals surface area (Å²) in [4.78, 5) is 24.9. The van der Waals surface area contributed by atoms with Crippen LogP contribution in [0.5, 0.6) is 0 Å².